The normalized spacial score (nSPS) is 10.4. The predicted molar refractivity (Wildman–Crippen MR) is 78.6 cm³/mol. The Labute approximate surface area is 124 Å². The molecule has 116 valence electrons. The van der Waals surface area contributed by atoms with Gasteiger partial charge in [-0.3, -0.25) is 9.59 Å². The van der Waals surface area contributed by atoms with Crippen LogP contribution in [0.4, 0.5) is 0 Å². The summed E-state index contributed by atoms with van der Waals surface area (Å²) in [6.07, 6.45) is 0. The monoisotopic (exact) mass is 294 g/mol. The third kappa shape index (κ3) is 3.15. The van der Waals surface area contributed by atoms with Crippen molar-refractivity contribution in [2.24, 2.45) is 0 Å². The largest absolute Gasteiger partial charge is 0.464 e. The molecule has 0 saturated carbocycles. The molecule has 0 aromatic carbocycles. The molecule has 0 spiro atoms. The lowest BCUT2D eigenvalue weighted by molar-refractivity contribution is -0.127. The molecule has 0 bridgehead atoms. The summed E-state index contributed by atoms with van der Waals surface area (Å²) >= 11 is 0. The van der Waals surface area contributed by atoms with Gasteiger partial charge in [0.2, 0.25) is 5.91 Å². The van der Waals surface area contributed by atoms with Crippen LogP contribution in [-0.4, -0.2) is 47.8 Å². The molecule has 0 fully saturated rings. The molecule has 0 unspecified atom stereocenters. The van der Waals surface area contributed by atoms with Gasteiger partial charge in [-0.25, -0.2) is 4.79 Å². The highest BCUT2D eigenvalue weighted by molar-refractivity contribution is 6.04. The van der Waals surface area contributed by atoms with Gasteiger partial charge in [0, 0.05) is 31.8 Å². The maximum absolute atomic E-state index is 12.4. The van der Waals surface area contributed by atoms with E-state index in [4.69, 9.17) is 4.74 Å². The maximum atomic E-state index is 12.4. The van der Waals surface area contributed by atoms with Crippen LogP contribution >= 0.6 is 0 Å². The van der Waals surface area contributed by atoms with Crippen molar-refractivity contribution in [2.45, 2.75) is 34.2 Å². The number of hydrogen-bond acceptors (Lipinski definition) is 4. The zero-order valence-electron chi connectivity index (χ0n) is 13.4. The fourth-order valence-corrected chi connectivity index (χ4v) is 2.47. The Morgan fingerprint density at radius 2 is 1.81 bits per heavy atom. The van der Waals surface area contributed by atoms with Crippen molar-refractivity contribution in [3.05, 3.63) is 22.5 Å². The summed E-state index contributed by atoms with van der Waals surface area (Å²) in [6.45, 7) is 7.38. The van der Waals surface area contributed by atoms with E-state index in [2.05, 4.69) is 0 Å². The second-order valence-electron chi connectivity index (χ2n) is 4.97. The molecular formula is C15H22N2O4. The van der Waals surface area contributed by atoms with Crippen molar-refractivity contribution >= 4 is 17.7 Å². The molecule has 0 saturated heterocycles. The average Bonchev–Trinajstić information content (AvgIpc) is 2.68. The minimum Gasteiger partial charge on any atom is -0.464 e. The van der Waals surface area contributed by atoms with Crippen LogP contribution in [0.5, 0.6) is 0 Å². The van der Waals surface area contributed by atoms with Gasteiger partial charge in [0.15, 0.2) is 5.78 Å². The number of nitrogens with zero attached hydrogens (tertiary/aromatic N) is 2. The van der Waals surface area contributed by atoms with Gasteiger partial charge in [0.25, 0.3) is 0 Å². The lowest BCUT2D eigenvalue weighted by atomic mass is 10.1. The van der Waals surface area contributed by atoms with Crippen LogP contribution in [-0.2, 0) is 16.1 Å². The predicted octanol–water partition coefficient (Wildman–Crippen LogP) is 1.57. The Bertz CT molecular complexity index is 587. The summed E-state index contributed by atoms with van der Waals surface area (Å²) in [5, 5.41) is 0. The van der Waals surface area contributed by atoms with Gasteiger partial charge in [-0.05, 0) is 26.3 Å². The number of carbonyl (C=O) groups excluding carboxylic acids is 3. The van der Waals surface area contributed by atoms with Crippen LogP contribution < -0.4 is 0 Å². The molecule has 0 aliphatic carbocycles. The minimum atomic E-state index is -0.462. The highest BCUT2D eigenvalue weighted by atomic mass is 16.5. The van der Waals surface area contributed by atoms with Crippen LogP contribution in [0.2, 0.25) is 0 Å². The number of amides is 1. The van der Waals surface area contributed by atoms with E-state index in [0.29, 0.717) is 23.4 Å². The van der Waals surface area contributed by atoms with E-state index in [1.807, 2.05) is 6.92 Å². The molecule has 1 aromatic rings. The highest BCUT2D eigenvalue weighted by Gasteiger charge is 2.26. The van der Waals surface area contributed by atoms with Crippen molar-refractivity contribution < 1.29 is 19.1 Å². The lowest BCUT2D eigenvalue weighted by Gasteiger charge is -2.14. The standard InChI is InChI=1S/C15H22N2O4/c1-7-17-10(3)13(9(2)14(17)15(20)21-6)12(19)8-16(5)11(4)18/h7-8H2,1-6H3. The minimum absolute atomic E-state index is 0.00858. The van der Waals surface area contributed by atoms with Crippen molar-refractivity contribution in [1.82, 2.24) is 9.47 Å². The number of rotatable bonds is 5. The molecule has 1 rings (SSSR count). The first kappa shape index (κ1) is 16.9. The summed E-state index contributed by atoms with van der Waals surface area (Å²) in [6, 6.07) is 0. The van der Waals surface area contributed by atoms with Gasteiger partial charge in [-0.1, -0.05) is 0 Å². The smallest absolute Gasteiger partial charge is 0.354 e. The summed E-state index contributed by atoms with van der Waals surface area (Å²) < 4.78 is 6.56. The quantitative estimate of drug-likeness (QED) is 0.610. The van der Waals surface area contributed by atoms with Crippen LogP contribution in [0.3, 0.4) is 0 Å². The molecule has 0 atom stereocenters. The Balaban J connectivity index is 3.31. The molecule has 0 aliphatic heterocycles. The molecule has 1 heterocycles. The van der Waals surface area contributed by atoms with Gasteiger partial charge in [0.05, 0.1) is 13.7 Å². The summed E-state index contributed by atoms with van der Waals surface area (Å²) in [7, 11) is 2.89. The van der Waals surface area contributed by atoms with Crippen LogP contribution in [0, 0.1) is 13.8 Å². The third-order valence-corrected chi connectivity index (χ3v) is 3.66. The van der Waals surface area contributed by atoms with Gasteiger partial charge in [0.1, 0.15) is 5.69 Å². The zero-order chi connectivity index (χ0) is 16.3. The number of esters is 1. The fraction of sp³-hybridized carbons (Fsp3) is 0.533. The molecule has 6 heteroatoms. The van der Waals surface area contributed by atoms with Crippen molar-refractivity contribution in [1.29, 1.82) is 0 Å². The molecule has 0 N–H and O–H groups in total. The number of carbonyl (C=O) groups is 3. The van der Waals surface area contributed by atoms with Crippen LogP contribution in [0.25, 0.3) is 0 Å². The van der Waals surface area contributed by atoms with E-state index in [-0.39, 0.29) is 18.2 Å². The Morgan fingerprint density at radius 3 is 2.24 bits per heavy atom. The van der Waals surface area contributed by atoms with E-state index >= 15 is 0 Å². The number of Topliss-reactive ketones (excluding diaryl/α,β-unsaturated/α-hetero) is 1. The Hall–Kier alpha value is -2.11. The first-order valence-corrected chi connectivity index (χ1v) is 6.79. The summed E-state index contributed by atoms with van der Waals surface area (Å²) in [5.74, 6) is -0.821. The van der Waals surface area contributed by atoms with E-state index < -0.39 is 5.97 Å². The van der Waals surface area contributed by atoms with Crippen molar-refractivity contribution in [3.63, 3.8) is 0 Å². The lowest BCUT2D eigenvalue weighted by Crippen LogP contribution is -2.30. The molecule has 0 radical (unpaired) electrons. The van der Waals surface area contributed by atoms with Gasteiger partial charge < -0.3 is 14.2 Å². The van der Waals surface area contributed by atoms with Crippen LogP contribution in [0.15, 0.2) is 0 Å². The van der Waals surface area contributed by atoms with E-state index in [9.17, 15) is 14.4 Å². The number of likely N-dealkylation sites (N-methyl/N-ethyl adjacent to an activating group) is 1. The van der Waals surface area contributed by atoms with E-state index in [1.165, 1.54) is 18.9 Å². The first-order chi connectivity index (χ1) is 9.76. The maximum Gasteiger partial charge on any atom is 0.354 e. The molecule has 1 amide bonds. The Kier molecular flexibility index (Phi) is 5.29. The Morgan fingerprint density at radius 1 is 1.24 bits per heavy atom. The van der Waals surface area contributed by atoms with Crippen LogP contribution in [0.1, 0.15) is 46.0 Å². The number of aromatic nitrogens is 1. The summed E-state index contributed by atoms with van der Waals surface area (Å²) in [4.78, 5) is 37.0. The summed E-state index contributed by atoms with van der Waals surface area (Å²) in [5.41, 5.74) is 2.21. The highest BCUT2D eigenvalue weighted by Crippen LogP contribution is 2.23. The molecule has 6 nitrogen and oxygen atoms in total. The third-order valence-electron chi connectivity index (χ3n) is 3.66. The molecule has 21 heavy (non-hydrogen) atoms. The van der Waals surface area contributed by atoms with Crippen molar-refractivity contribution in [2.75, 3.05) is 20.7 Å². The second-order valence-corrected chi connectivity index (χ2v) is 4.97. The number of hydrogen-bond donors (Lipinski definition) is 0. The first-order valence-electron chi connectivity index (χ1n) is 6.79. The molecule has 1 aromatic heterocycles. The number of ketones is 1. The SMILES string of the molecule is CCn1c(C)c(C(=O)CN(C)C(C)=O)c(C)c1C(=O)OC. The number of methoxy groups -OCH3 is 1. The average molecular weight is 294 g/mol. The fourth-order valence-electron chi connectivity index (χ4n) is 2.47. The van der Waals surface area contributed by atoms with Crippen molar-refractivity contribution in [3.8, 4) is 0 Å². The van der Waals surface area contributed by atoms with Gasteiger partial charge >= 0.3 is 5.97 Å². The second kappa shape index (κ2) is 6.56. The topological polar surface area (TPSA) is 68.6 Å². The molecular weight excluding hydrogens is 272 g/mol. The van der Waals surface area contributed by atoms with Gasteiger partial charge in [-0.2, -0.15) is 0 Å². The van der Waals surface area contributed by atoms with E-state index in [0.717, 1.165) is 5.69 Å². The zero-order valence-corrected chi connectivity index (χ0v) is 13.4. The van der Waals surface area contributed by atoms with Gasteiger partial charge in [-0.15, -0.1) is 0 Å². The molecule has 0 aliphatic rings. The number of ether oxygens (including phenoxy) is 1. The van der Waals surface area contributed by atoms with E-state index in [1.54, 1.807) is 25.5 Å².